The summed E-state index contributed by atoms with van der Waals surface area (Å²) in [6.07, 6.45) is -1.12. The van der Waals surface area contributed by atoms with Gasteiger partial charge in [-0.1, -0.05) is 30.3 Å². The third-order valence-corrected chi connectivity index (χ3v) is 2.96. The number of nitrogens with one attached hydrogen (secondary N) is 1. The minimum Gasteiger partial charge on any atom is -0.446 e. The van der Waals surface area contributed by atoms with Crippen LogP contribution in [0, 0.1) is 5.82 Å². The Hall–Kier alpha value is -2.73. The van der Waals surface area contributed by atoms with Crippen molar-refractivity contribution in [2.24, 2.45) is 0 Å². The van der Waals surface area contributed by atoms with Crippen LogP contribution in [0.5, 0.6) is 0 Å². The van der Waals surface area contributed by atoms with Gasteiger partial charge in [0.25, 0.3) is 5.91 Å². The van der Waals surface area contributed by atoms with Crippen molar-refractivity contribution in [1.29, 1.82) is 0 Å². The fraction of sp³-hybridized carbons (Fsp3) is 0.176. The van der Waals surface area contributed by atoms with Crippen LogP contribution in [0.3, 0.4) is 0 Å². The predicted octanol–water partition coefficient (Wildman–Crippen LogP) is 2.70. The highest BCUT2D eigenvalue weighted by Gasteiger charge is 2.25. The highest BCUT2D eigenvalue weighted by atomic mass is 19.1. The molecule has 1 atom stereocenters. The molecule has 6 heteroatoms. The van der Waals surface area contributed by atoms with Gasteiger partial charge in [0.15, 0.2) is 0 Å². The van der Waals surface area contributed by atoms with Gasteiger partial charge < -0.3 is 14.8 Å². The standard InChI is InChI=1S/C17H16FNO4/c1-22-11-15(20)23-16(12-5-3-2-4-6-12)17(21)19-14-9-7-13(18)8-10-14/h2-10,16H,11H2,1H3,(H,19,21)/t16-/m1/s1. The molecule has 0 aliphatic heterocycles. The number of ether oxygens (including phenoxy) is 2. The van der Waals surface area contributed by atoms with Crippen molar-refractivity contribution in [1.82, 2.24) is 0 Å². The van der Waals surface area contributed by atoms with Crippen LogP contribution in [-0.4, -0.2) is 25.6 Å². The number of anilines is 1. The maximum atomic E-state index is 12.9. The molecule has 1 N–H and O–H groups in total. The van der Waals surface area contributed by atoms with E-state index in [0.717, 1.165) is 0 Å². The first-order valence-corrected chi connectivity index (χ1v) is 6.90. The lowest BCUT2D eigenvalue weighted by atomic mass is 10.1. The Kier molecular flexibility index (Phi) is 5.82. The molecular formula is C17H16FNO4. The van der Waals surface area contributed by atoms with Gasteiger partial charge in [-0.25, -0.2) is 9.18 Å². The lowest BCUT2D eigenvalue weighted by Crippen LogP contribution is -2.27. The van der Waals surface area contributed by atoms with Crippen LogP contribution in [0.1, 0.15) is 11.7 Å². The molecule has 0 radical (unpaired) electrons. The zero-order chi connectivity index (χ0) is 16.7. The van der Waals surface area contributed by atoms with E-state index < -0.39 is 23.8 Å². The van der Waals surface area contributed by atoms with Crippen molar-refractivity contribution in [2.45, 2.75) is 6.10 Å². The van der Waals surface area contributed by atoms with Gasteiger partial charge in [-0.05, 0) is 24.3 Å². The van der Waals surface area contributed by atoms with Gasteiger partial charge in [-0.2, -0.15) is 0 Å². The van der Waals surface area contributed by atoms with Crippen molar-refractivity contribution in [3.8, 4) is 0 Å². The Bertz CT molecular complexity index is 658. The summed E-state index contributed by atoms with van der Waals surface area (Å²) in [6.45, 7) is -0.257. The van der Waals surface area contributed by atoms with E-state index in [1.165, 1.54) is 31.4 Å². The minimum absolute atomic E-state index is 0.257. The first-order valence-electron chi connectivity index (χ1n) is 6.90. The number of carbonyl (C=O) groups excluding carboxylic acids is 2. The fourth-order valence-electron chi connectivity index (χ4n) is 1.93. The second kappa shape index (κ2) is 8.05. The first-order chi connectivity index (χ1) is 11.1. The highest BCUT2D eigenvalue weighted by molar-refractivity contribution is 5.96. The lowest BCUT2D eigenvalue weighted by molar-refractivity contribution is -0.158. The number of halogens is 1. The molecule has 0 saturated carbocycles. The Morgan fingerprint density at radius 2 is 1.74 bits per heavy atom. The SMILES string of the molecule is COCC(=O)O[C@@H](C(=O)Nc1ccc(F)cc1)c1ccccc1. The molecule has 2 rings (SSSR count). The number of amides is 1. The number of methoxy groups -OCH3 is 1. The highest BCUT2D eigenvalue weighted by Crippen LogP contribution is 2.20. The molecule has 1 amide bonds. The summed E-state index contributed by atoms with van der Waals surface area (Å²) in [7, 11) is 1.36. The number of benzene rings is 2. The van der Waals surface area contributed by atoms with Crippen LogP contribution in [0.25, 0.3) is 0 Å². The summed E-state index contributed by atoms with van der Waals surface area (Å²) < 4.78 is 22.8. The molecular weight excluding hydrogens is 301 g/mol. The maximum Gasteiger partial charge on any atom is 0.333 e. The molecule has 23 heavy (non-hydrogen) atoms. The summed E-state index contributed by atoms with van der Waals surface area (Å²) in [5.41, 5.74) is 0.927. The van der Waals surface area contributed by atoms with Gasteiger partial charge in [0.05, 0.1) is 0 Å². The Morgan fingerprint density at radius 1 is 1.09 bits per heavy atom. The van der Waals surface area contributed by atoms with Crippen molar-refractivity contribution >= 4 is 17.6 Å². The second-order valence-corrected chi connectivity index (χ2v) is 4.71. The van der Waals surface area contributed by atoms with Crippen molar-refractivity contribution in [2.75, 3.05) is 19.0 Å². The summed E-state index contributed by atoms with van der Waals surface area (Å²) in [5, 5.41) is 2.59. The van der Waals surface area contributed by atoms with Crippen LogP contribution in [0.4, 0.5) is 10.1 Å². The van der Waals surface area contributed by atoms with Crippen molar-refractivity contribution in [3.63, 3.8) is 0 Å². The Labute approximate surface area is 133 Å². The molecule has 2 aromatic carbocycles. The average molecular weight is 317 g/mol. The number of carbonyl (C=O) groups is 2. The smallest absolute Gasteiger partial charge is 0.333 e. The molecule has 0 spiro atoms. The topological polar surface area (TPSA) is 64.6 Å². The average Bonchev–Trinajstić information content (AvgIpc) is 2.56. The van der Waals surface area contributed by atoms with Gasteiger partial charge in [-0.15, -0.1) is 0 Å². The van der Waals surface area contributed by atoms with E-state index >= 15 is 0 Å². The monoisotopic (exact) mass is 317 g/mol. The third-order valence-electron chi connectivity index (χ3n) is 2.96. The summed E-state index contributed by atoms with van der Waals surface area (Å²) in [5.74, 6) is -1.60. The fourth-order valence-corrected chi connectivity index (χ4v) is 1.93. The largest absolute Gasteiger partial charge is 0.446 e. The normalized spacial score (nSPS) is 11.6. The number of hydrogen-bond donors (Lipinski definition) is 1. The van der Waals surface area contributed by atoms with Crippen LogP contribution < -0.4 is 5.32 Å². The van der Waals surface area contributed by atoms with E-state index in [1.807, 2.05) is 0 Å². The van der Waals surface area contributed by atoms with Gasteiger partial charge in [-0.3, -0.25) is 4.79 Å². The van der Waals surface area contributed by atoms with E-state index in [0.29, 0.717) is 11.3 Å². The van der Waals surface area contributed by atoms with Gasteiger partial charge in [0.1, 0.15) is 12.4 Å². The predicted molar refractivity (Wildman–Crippen MR) is 82.2 cm³/mol. The first kappa shape index (κ1) is 16.6. The van der Waals surface area contributed by atoms with E-state index in [4.69, 9.17) is 9.47 Å². The molecule has 5 nitrogen and oxygen atoms in total. The van der Waals surface area contributed by atoms with E-state index in [-0.39, 0.29) is 6.61 Å². The Balaban J connectivity index is 2.16. The number of hydrogen-bond acceptors (Lipinski definition) is 4. The van der Waals surface area contributed by atoms with E-state index in [1.54, 1.807) is 30.3 Å². The molecule has 0 fully saturated rings. The molecule has 0 aliphatic rings. The van der Waals surface area contributed by atoms with E-state index in [9.17, 15) is 14.0 Å². The number of rotatable bonds is 6. The van der Waals surface area contributed by atoms with Crippen LogP contribution in [0.2, 0.25) is 0 Å². The molecule has 0 aliphatic carbocycles. The van der Waals surface area contributed by atoms with Gasteiger partial charge >= 0.3 is 5.97 Å². The molecule has 0 heterocycles. The molecule has 0 aromatic heterocycles. The lowest BCUT2D eigenvalue weighted by Gasteiger charge is -2.18. The number of esters is 1. The summed E-state index contributed by atoms with van der Waals surface area (Å²) >= 11 is 0. The molecule has 2 aromatic rings. The Morgan fingerprint density at radius 3 is 2.35 bits per heavy atom. The van der Waals surface area contributed by atoms with Gasteiger partial charge in [0, 0.05) is 18.4 Å². The summed E-state index contributed by atoms with van der Waals surface area (Å²) in [4.78, 5) is 24.1. The molecule has 0 unspecified atom stereocenters. The van der Waals surface area contributed by atoms with Crippen LogP contribution in [-0.2, 0) is 19.1 Å². The zero-order valence-electron chi connectivity index (χ0n) is 12.5. The summed E-state index contributed by atoms with van der Waals surface area (Å²) in [6, 6.07) is 13.9. The van der Waals surface area contributed by atoms with Gasteiger partial charge in [0.2, 0.25) is 6.10 Å². The third kappa shape index (κ3) is 4.89. The maximum absolute atomic E-state index is 12.9. The molecule has 0 saturated heterocycles. The second-order valence-electron chi connectivity index (χ2n) is 4.71. The minimum atomic E-state index is -1.12. The van der Waals surface area contributed by atoms with Crippen molar-refractivity contribution in [3.05, 3.63) is 66.0 Å². The van der Waals surface area contributed by atoms with E-state index in [2.05, 4.69) is 5.32 Å². The molecule has 120 valence electrons. The van der Waals surface area contributed by atoms with Crippen LogP contribution >= 0.6 is 0 Å². The van der Waals surface area contributed by atoms with Crippen molar-refractivity contribution < 1.29 is 23.5 Å². The quantitative estimate of drug-likeness (QED) is 0.832. The van der Waals surface area contributed by atoms with Crippen LogP contribution in [0.15, 0.2) is 54.6 Å². The molecule has 0 bridgehead atoms. The zero-order valence-corrected chi connectivity index (χ0v) is 12.5.